The lowest BCUT2D eigenvalue weighted by atomic mass is 9.91. The molecule has 0 spiro atoms. The number of rotatable bonds is 3. The molecule has 5 unspecified atom stereocenters. The van der Waals surface area contributed by atoms with E-state index in [9.17, 15) is 9.46 Å². The summed E-state index contributed by atoms with van der Waals surface area (Å²) in [6.45, 7) is 3.28. The van der Waals surface area contributed by atoms with E-state index in [0.717, 1.165) is 0 Å². The molecular formula is C7H16BNO4P2. The monoisotopic (exact) mass is 251 g/mol. The summed E-state index contributed by atoms with van der Waals surface area (Å²) in [5, 5.41) is -1.03. The van der Waals surface area contributed by atoms with Crippen molar-refractivity contribution in [3.05, 3.63) is 0 Å². The Hall–Kier alpha value is 0.565. The van der Waals surface area contributed by atoms with Crippen molar-refractivity contribution in [1.82, 2.24) is 0 Å². The summed E-state index contributed by atoms with van der Waals surface area (Å²) in [6.07, 6.45) is -1.07. The molecular weight excluding hydrogens is 235 g/mol. The van der Waals surface area contributed by atoms with Gasteiger partial charge in [0.1, 0.15) is 14.0 Å². The van der Waals surface area contributed by atoms with Gasteiger partial charge in [-0.15, -0.1) is 9.24 Å². The van der Waals surface area contributed by atoms with Crippen LogP contribution in [0.15, 0.2) is 0 Å². The summed E-state index contributed by atoms with van der Waals surface area (Å²) in [6, 6.07) is -0.723. The molecule has 1 saturated heterocycles. The third-order valence-electron chi connectivity index (χ3n) is 2.45. The van der Waals surface area contributed by atoms with Crippen LogP contribution in [0.4, 0.5) is 0 Å². The van der Waals surface area contributed by atoms with Crippen molar-refractivity contribution in [3.63, 3.8) is 0 Å². The maximum Gasteiger partial charge on any atom is 0.328 e. The van der Waals surface area contributed by atoms with Gasteiger partial charge in [-0.3, -0.25) is 4.57 Å². The van der Waals surface area contributed by atoms with Crippen molar-refractivity contribution in [2.45, 2.75) is 37.3 Å². The quantitative estimate of drug-likeness (QED) is 0.545. The van der Waals surface area contributed by atoms with E-state index in [2.05, 4.69) is 9.24 Å². The highest BCUT2D eigenvalue weighted by molar-refractivity contribution is 7.52. The Balaban J connectivity index is 2.81. The van der Waals surface area contributed by atoms with Crippen LogP contribution in [-0.2, 0) is 13.8 Å². The fourth-order valence-corrected chi connectivity index (χ4v) is 2.81. The molecule has 1 rings (SSSR count). The van der Waals surface area contributed by atoms with E-state index in [-0.39, 0.29) is 6.16 Å². The molecule has 0 aromatic heterocycles. The van der Waals surface area contributed by atoms with Gasteiger partial charge in [0.25, 0.3) is 0 Å². The topological polar surface area (TPSA) is 81.8 Å². The zero-order valence-corrected chi connectivity index (χ0v) is 10.8. The molecule has 0 aliphatic carbocycles. The van der Waals surface area contributed by atoms with Crippen molar-refractivity contribution >= 4 is 24.7 Å². The minimum absolute atomic E-state index is 0.0339. The van der Waals surface area contributed by atoms with Crippen LogP contribution in [0.2, 0.25) is 0 Å². The van der Waals surface area contributed by atoms with Gasteiger partial charge in [-0.25, -0.2) is 0 Å². The van der Waals surface area contributed by atoms with E-state index >= 15 is 0 Å². The Morgan fingerprint density at radius 3 is 2.67 bits per heavy atom. The largest absolute Gasteiger partial charge is 0.380 e. The average molecular weight is 251 g/mol. The van der Waals surface area contributed by atoms with Crippen LogP contribution in [0.3, 0.4) is 0 Å². The van der Waals surface area contributed by atoms with Gasteiger partial charge >= 0.3 is 7.60 Å². The molecule has 1 aliphatic rings. The average Bonchev–Trinajstić information content (AvgIpc) is 2.29. The van der Waals surface area contributed by atoms with Gasteiger partial charge in [0.2, 0.25) is 0 Å². The Morgan fingerprint density at radius 1 is 1.80 bits per heavy atom. The van der Waals surface area contributed by atoms with Gasteiger partial charge in [0, 0.05) is 12.2 Å². The lowest BCUT2D eigenvalue weighted by Gasteiger charge is -2.30. The zero-order valence-electron chi connectivity index (χ0n) is 8.79. The maximum absolute atomic E-state index is 11.5. The number of hydrogen-bond donors (Lipinski definition) is 2. The molecule has 0 saturated carbocycles. The zero-order chi connectivity index (χ0) is 11.9. The van der Waals surface area contributed by atoms with Crippen LogP contribution in [0.1, 0.15) is 13.8 Å². The van der Waals surface area contributed by atoms with Gasteiger partial charge in [0.15, 0.2) is 0 Å². The standard InChI is InChI=1S/C7H16BNO4P2/c1-3-15(10,11)13-5-4(2)12-6(8)7(5,9)14/h4-6H,3,9,14H2,1-2H3,(H,10,11)/t4?,5-,6?,7?/m0/s1. The summed E-state index contributed by atoms with van der Waals surface area (Å²) in [4.78, 5) is 9.39. The molecule has 8 heteroatoms. The molecule has 0 aromatic carbocycles. The van der Waals surface area contributed by atoms with Crippen LogP contribution in [0.25, 0.3) is 0 Å². The van der Waals surface area contributed by atoms with E-state index in [1.165, 1.54) is 0 Å². The second-order valence-electron chi connectivity index (χ2n) is 3.74. The van der Waals surface area contributed by atoms with Crippen LogP contribution >= 0.6 is 16.8 Å². The fourth-order valence-electron chi connectivity index (χ4n) is 1.42. The highest BCUT2D eigenvalue weighted by Crippen LogP contribution is 2.48. The number of ether oxygens (including phenoxy) is 1. The third kappa shape index (κ3) is 2.82. The van der Waals surface area contributed by atoms with Gasteiger partial charge in [-0.1, -0.05) is 6.92 Å². The van der Waals surface area contributed by atoms with Crippen LogP contribution in [0, 0.1) is 0 Å². The molecule has 0 bridgehead atoms. The summed E-state index contributed by atoms with van der Waals surface area (Å²) in [5.74, 6) is 0. The van der Waals surface area contributed by atoms with E-state index in [4.69, 9.17) is 22.8 Å². The first kappa shape index (κ1) is 13.6. The predicted octanol–water partition coefficient (Wildman–Crippen LogP) is 0.0203. The molecule has 1 fully saturated rings. The second-order valence-corrected chi connectivity index (χ2v) is 6.86. The molecule has 15 heavy (non-hydrogen) atoms. The molecule has 6 atom stereocenters. The Morgan fingerprint density at radius 2 is 2.33 bits per heavy atom. The van der Waals surface area contributed by atoms with Crippen molar-refractivity contribution in [2.24, 2.45) is 5.73 Å². The lowest BCUT2D eigenvalue weighted by molar-refractivity contribution is 0.0507. The molecule has 0 aromatic rings. The van der Waals surface area contributed by atoms with Crippen LogP contribution in [-0.4, -0.2) is 42.4 Å². The van der Waals surface area contributed by atoms with Gasteiger partial charge in [0.05, 0.1) is 11.4 Å². The SMILES string of the molecule is [B]C1OC(C)[C@H](OP(=O)(O)CC)C1(N)P. The second kappa shape index (κ2) is 4.44. The molecule has 2 radical (unpaired) electrons. The van der Waals surface area contributed by atoms with Crippen LogP contribution in [0.5, 0.6) is 0 Å². The van der Waals surface area contributed by atoms with Crippen molar-refractivity contribution < 1.29 is 18.7 Å². The number of nitrogens with two attached hydrogens (primary N) is 1. The van der Waals surface area contributed by atoms with Gasteiger partial charge < -0.3 is 19.9 Å². The first-order chi connectivity index (χ1) is 6.70. The smallest absolute Gasteiger partial charge is 0.328 e. The molecule has 1 aliphatic heterocycles. The summed E-state index contributed by atoms with van der Waals surface area (Å²) in [5.41, 5.74) is 5.87. The van der Waals surface area contributed by atoms with E-state index in [1.54, 1.807) is 13.8 Å². The summed E-state index contributed by atoms with van der Waals surface area (Å²) < 4.78 is 21.8. The van der Waals surface area contributed by atoms with Crippen LogP contribution < -0.4 is 5.73 Å². The first-order valence-electron chi connectivity index (χ1n) is 4.69. The maximum atomic E-state index is 11.5. The molecule has 3 N–H and O–H groups in total. The van der Waals surface area contributed by atoms with E-state index in [0.29, 0.717) is 0 Å². The molecule has 1 heterocycles. The highest BCUT2D eigenvalue weighted by atomic mass is 31.2. The minimum Gasteiger partial charge on any atom is -0.380 e. The summed E-state index contributed by atoms with van der Waals surface area (Å²) >= 11 is 0. The van der Waals surface area contributed by atoms with E-state index < -0.39 is 31.1 Å². The minimum atomic E-state index is -3.60. The predicted molar refractivity (Wildman–Crippen MR) is 62.0 cm³/mol. The first-order valence-corrected chi connectivity index (χ1v) is 7.03. The summed E-state index contributed by atoms with van der Waals surface area (Å²) in [7, 11) is 4.37. The Labute approximate surface area is 93.2 Å². The number of hydrogen-bond acceptors (Lipinski definition) is 4. The van der Waals surface area contributed by atoms with Gasteiger partial charge in [-0.2, -0.15) is 0 Å². The van der Waals surface area contributed by atoms with Crippen molar-refractivity contribution in [2.75, 3.05) is 6.16 Å². The lowest BCUT2D eigenvalue weighted by Crippen LogP contribution is -2.51. The van der Waals surface area contributed by atoms with Crippen molar-refractivity contribution in [3.8, 4) is 0 Å². The molecule has 5 nitrogen and oxygen atoms in total. The fraction of sp³-hybridized carbons (Fsp3) is 1.00. The highest BCUT2D eigenvalue weighted by Gasteiger charge is 2.50. The third-order valence-corrected chi connectivity index (χ3v) is 4.46. The Bertz CT molecular complexity index is 288. The van der Waals surface area contributed by atoms with E-state index in [1.807, 2.05) is 0 Å². The normalized spacial score (nSPS) is 45.3. The Kier molecular flexibility index (Phi) is 4.04. The molecule has 86 valence electrons. The van der Waals surface area contributed by atoms with Crippen molar-refractivity contribution in [1.29, 1.82) is 0 Å². The molecule has 0 amide bonds. The van der Waals surface area contributed by atoms with Gasteiger partial charge in [-0.05, 0) is 6.92 Å².